The summed E-state index contributed by atoms with van der Waals surface area (Å²) in [6.45, 7) is 0.562. The topological polar surface area (TPSA) is 139 Å². The molecule has 1 unspecified atom stereocenters. The smallest absolute Gasteiger partial charge is 0.255 e. The lowest BCUT2D eigenvalue weighted by atomic mass is 10.0. The number of benzene rings is 5. The number of anilines is 2. The largest absolute Gasteiger partial charge is 0.493 e. The molecule has 0 radical (unpaired) electrons. The molecule has 0 saturated heterocycles. The van der Waals surface area contributed by atoms with Gasteiger partial charge in [0.25, 0.3) is 5.91 Å². The number of nitrogens with one attached hydrogen (secondary N) is 4. The van der Waals surface area contributed by atoms with Crippen LogP contribution in [0.4, 0.5) is 11.4 Å². The number of methoxy groups -OCH3 is 1. The fourth-order valence-corrected chi connectivity index (χ4v) is 4.80. The molecular formula is C37H35N5O4. The summed E-state index contributed by atoms with van der Waals surface area (Å²) in [7, 11) is 1.52. The van der Waals surface area contributed by atoms with Gasteiger partial charge in [0.15, 0.2) is 11.5 Å². The zero-order valence-corrected chi connectivity index (χ0v) is 25.3. The Morgan fingerprint density at radius 2 is 1.37 bits per heavy atom. The number of nitrogens with two attached hydrogens (primary N) is 1. The Kier molecular flexibility index (Phi) is 10.3. The zero-order valence-electron chi connectivity index (χ0n) is 25.3. The van der Waals surface area contributed by atoms with Crippen LogP contribution in [0.2, 0.25) is 0 Å². The quantitative estimate of drug-likeness (QED) is 0.0783. The average molecular weight is 614 g/mol. The molecule has 6 N–H and O–H groups in total. The molecule has 0 saturated carbocycles. The maximum Gasteiger partial charge on any atom is 0.255 e. The van der Waals surface area contributed by atoms with Crippen LogP contribution < -0.4 is 31.2 Å². The number of hydrogen-bond donors (Lipinski definition) is 5. The average Bonchev–Trinajstić information content (AvgIpc) is 3.10. The first kappa shape index (κ1) is 31.3. The van der Waals surface area contributed by atoms with E-state index in [1.165, 1.54) is 7.11 Å². The predicted molar refractivity (Wildman–Crippen MR) is 180 cm³/mol. The summed E-state index contributed by atoms with van der Waals surface area (Å²) in [5.74, 6) is 0.0291. The van der Waals surface area contributed by atoms with Crippen LogP contribution >= 0.6 is 0 Å². The van der Waals surface area contributed by atoms with Gasteiger partial charge in [-0.2, -0.15) is 0 Å². The van der Waals surface area contributed by atoms with Crippen molar-refractivity contribution >= 4 is 29.0 Å². The van der Waals surface area contributed by atoms with E-state index in [2.05, 4.69) is 16.0 Å². The highest BCUT2D eigenvalue weighted by molar-refractivity contribution is 6.05. The van der Waals surface area contributed by atoms with E-state index in [9.17, 15) is 9.59 Å². The number of carbonyl (C=O) groups excluding carboxylic acids is 2. The van der Waals surface area contributed by atoms with Crippen LogP contribution in [0, 0.1) is 5.41 Å². The molecule has 0 heterocycles. The minimum atomic E-state index is -0.977. The maximum atomic E-state index is 14.0. The first-order valence-electron chi connectivity index (χ1n) is 14.7. The van der Waals surface area contributed by atoms with Crippen molar-refractivity contribution in [1.82, 2.24) is 5.32 Å². The number of ether oxygens (including phenoxy) is 2. The molecule has 5 aromatic rings. The highest BCUT2D eigenvalue weighted by atomic mass is 16.5. The molecule has 1 atom stereocenters. The molecule has 2 amide bonds. The molecule has 9 heteroatoms. The van der Waals surface area contributed by atoms with Gasteiger partial charge in [0.05, 0.1) is 12.8 Å². The van der Waals surface area contributed by atoms with E-state index in [-0.39, 0.29) is 24.3 Å². The van der Waals surface area contributed by atoms with Crippen molar-refractivity contribution in [2.24, 2.45) is 5.73 Å². The van der Waals surface area contributed by atoms with E-state index in [0.29, 0.717) is 46.1 Å². The highest BCUT2D eigenvalue weighted by Gasteiger charge is 2.27. The van der Waals surface area contributed by atoms with Crippen molar-refractivity contribution in [3.05, 3.63) is 155 Å². The third-order valence-corrected chi connectivity index (χ3v) is 7.25. The van der Waals surface area contributed by atoms with Gasteiger partial charge < -0.3 is 31.2 Å². The molecule has 5 rings (SSSR count). The Morgan fingerprint density at radius 3 is 1.98 bits per heavy atom. The molecule has 0 aliphatic heterocycles. The monoisotopic (exact) mass is 613 g/mol. The summed E-state index contributed by atoms with van der Waals surface area (Å²) in [6.07, 6.45) is 0. The van der Waals surface area contributed by atoms with Crippen molar-refractivity contribution < 1.29 is 19.1 Å². The molecule has 5 aromatic carbocycles. The van der Waals surface area contributed by atoms with Crippen LogP contribution in [0.1, 0.15) is 38.7 Å². The van der Waals surface area contributed by atoms with Gasteiger partial charge in [0.2, 0.25) is 5.91 Å². The number of rotatable bonds is 13. The lowest BCUT2D eigenvalue weighted by Gasteiger charge is -2.25. The SMILES string of the molecule is COc1cc(C(Nc2ccc(C(=N)N)cc2)C(=O)NCc2ccccc2)c(NC(=O)c2ccccc2)cc1OCc1ccccc1. The van der Waals surface area contributed by atoms with E-state index in [1.807, 2.05) is 66.7 Å². The minimum Gasteiger partial charge on any atom is -0.493 e. The van der Waals surface area contributed by atoms with Crippen LogP contribution in [0.15, 0.2) is 127 Å². The third-order valence-electron chi connectivity index (χ3n) is 7.25. The number of amides is 2. The van der Waals surface area contributed by atoms with E-state index < -0.39 is 6.04 Å². The Morgan fingerprint density at radius 1 is 0.761 bits per heavy atom. The Bertz CT molecular complexity index is 1780. The zero-order chi connectivity index (χ0) is 32.3. The molecule has 0 bridgehead atoms. The minimum absolute atomic E-state index is 0.0644. The van der Waals surface area contributed by atoms with Crippen molar-refractivity contribution in [3.8, 4) is 11.5 Å². The number of carbonyl (C=O) groups is 2. The molecule has 0 spiro atoms. The van der Waals surface area contributed by atoms with Gasteiger partial charge in [-0.05, 0) is 53.6 Å². The summed E-state index contributed by atoms with van der Waals surface area (Å²) in [5.41, 5.74) is 9.97. The van der Waals surface area contributed by atoms with Crippen molar-refractivity contribution in [1.29, 1.82) is 5.41 Å². The molecule has 0 fully saturated rings. The van der Waals surface area contributed by atoms with Crippen molar-refractivity contribution in [3.63, 3.8) is 0 Å². The Balaban J connectivity index is 1.55. The summed E-state index contributed by atoms with van der Waals surface area (Å²) >= 11 is 0. The van der Waals surface area contributed by atoms with Crippen LogP contribution in [-0.4, -0.2) is 24.8 Å². The van der Waals surface area contributed by atoms with Gasteiger partial charge in [0, 0.05) is 35.0 Å². The van der Waals surface area contributed by atoms with Gasteiger partial charge in [-0.15, -0.1) is 0 Å². The molecule has 0 aromatic heterocycles. The van der Waals surface area contributed by atoms with Gasteiger partial charge >= 0.3 is 0 Å². The van der Waals surface area contributed by atoms with Crippen molar-refractivity contribution in [2.45, 2.75) is 19.2 Å². The second-order valence-electron chi connectivity index (χ2n) is 10.5. The molecular weight excluding hydrogens is 578 g/mol. The summed E-state index contributed by atoms with van der Waals surface area (Å²) < 4.78 is 11.9. The van der Waals surface area contributed by atoms with Gasteiger partial charge in [-0.25, -0.2) is 0 Å². The Labute approximate surface area is 267 Å². The molecule has 0 aliphatic rings. The Hall–Kier alpha value is -6.09. The first-order valence-corrected chi connectivity index (χ1v) is 14.7. The molecule has 0 aliphatic carbocycles. The third kappa shape index (κ3) is 8.09. The second kappa shape index (κ2) is 15.1. The van der Waals surface area contributed by atoms with Gasteiger partial charge in [0.1, 0.15) is 18.5 Å². The normalized spacial score (nSPS) is 11.2. The highest BCUT2D eigenvalue weighted by Crippen LogP contribution is 2.38. The first-order chi connectivity index (χ1) is 22.4. The van der Waals surface area contributed by atoms with E-state index in [4.69, 9.17) is 20.6 Å². The van der Waals surface area contributed by atoms with Gasteiger partial charge in [-0.1, -0.05) is 78.9 Å². The lowest BCUT2D eigenvalue weighted by molar-refractivity contribution is -0.122. The fourth-order valence-electron chi connectivity index (χ4n) is 4.80. The summed E-state index contributed by atoms with van der Waals surface area (Å²) in [4.78, 5) is 27.4. The van der Waals surface area contributed by atoms with E-state index >= 15 is 0 Å². The standard InChI is InChI=1S/C37H35N5O4/c1-45-32-21-30(31(42-36(43)28-15-9-4-10-16-28)22-33(32)46-24-26-13-7-3-8-14-26)34(37(44)40-23-25-11-5-2-6-12-25)41-29-19-17-27(18-20-29)35(38)39/h2-22,34,41H,23-24H2,1H3,(H3,38,39)(H,40,44)(H,42,43). The number of amidine groups is 1. The number of nitrogen functional groups attached to an aromatic ring is 1. The lowest BCUT2D eigenvalue weighted by Crippen LogP contribution is -2.34. The van der Waals surface area contributed by atoms with E-state index in [1.54, 1.807) is 60.7 Å². The maximum absolute atomic E-state index is 14.0. The van der Waals surface area contributed by atoms with Crippen molar-refractivity contribution in [2.75, 3.05) is 17.7 Å². The van der Waals surface area contributed by atoms with Crippen LogP contribution in [0.5, 0.6) is 11.5 Å². The van der Waals surface area contributed by atoms with Crippen LogP contribution in [0.25, 0.3) is 0 Å². The van der Waals surface area contributed by atoms with Crippen LogP contribution in [0.3, 0.4) is 0 Å². The number of hydrogen-bond acceptors (Lipinski definition) is 6. The predicted octanol–water partition coefficient (Wildman–Crippen LogP) is 6.28. The molecule has 46 heavy (non-hydrogen) atoms. The van der Waals surface area contributed by atoms with E-state index in [0.717, 1.165) is 11.1 Å². The van der Waals surface area contributed by atoms with Crippen LogP contribution in [-0.2, 0) is 17.9 Å². The van der Waals surface area contributed by atoms with Gasteiger partial charge in [-0.3, -0.25) is 15.0 Å². The second-order valence-corrected chi connectivity index (χ2v) is 10.5. The molecule has 9 nitrogen and oxygen atoms in total. The molecule has 232 valence electrons. The summed E-state index contributed by atoms with van der Waals surface area (Å²) in [5, 5.41) is 17.1. The fraction of sp³-hybridized carbons (Fsp3) is 0.108. The summed E-state index contributed by atoms with van der Waals surface area (Å²) in [6, 6.07) is 37.4.